The van der Waals surface area contributed by atoms with Gasteiger partial charge in [-0.2, -0.15) is 0 Å². The molecule has 2 atom stereocenters. The van der Waals surface area contributed by atoms with Crippen molar-refractivity contribution in [3.8, 4) is 0 Å². The van der Waals surface area contributed by atoms with E-state index in [4.69, 9.17) is 5.73 Å². The van der Waals surface area contributed by atoms with Gasteiger partial charge in [-0.3, -0.25) is 4.79 Å². The fraction of sp³-hybridized carbons (Fsp3) is 0.923. The van der Waals surface area contributed by atoms with E-state index in [-0.39, 0.29) is 11.9 Å². The number of hydrogen-bond acceptors (Lipinski definition) is 2. The van der Waals surface area contributed by atoms with Gasteiger partial charge in [-0.1, -0.05) is 6.92 Å². The van der Waals surface area contributed by atoms with Gasteiger partial charge in [-0.25, -0.2) is 0 Å². The zero-order chi connectivity index (χ0) is 11.5. The van der Waals surface area contributed by atoms with Gasteiger partial charge >= 0.3 is 0 Å². The minimum atomic E-state index is 0.119. The molecular formula is C13H24N2O. The van der Waals surface area contributed by atoms with Crippen LogP contribution in [0.2, 0.25) is 0 Å². The molecule has 1 saturated carbocycles. The first-order chi connectivity index (χ1) is 7.66. The summed E-state index contributed by atoms with van der Waals surface area (Å²) in [7, 11) is 0. The maximum Gasteiger partial charge on any atom is 0.224 e. The minimum absolute atomic E-state index is 0.119. The third-order valence-corrected chi connectivity index (χ3v) is 4.01. The number of nitrogens with two attached hydrogens (primary N) is 1. The van der Waals surface area contributed by atoms with Gasteiger partial charge in [-0.15, -0.1) is 0 Å². The lowest BCUT2D eigenvalue weighted by Crippen LogP contribution is -2.37. The molecule has 1 aliphatic carbocycles. The van der Waals surface area contributed by atoms with Crippen LogP contribution in [0, 0.1) is 11.8 Å². The molecule has 1 aliphatic heterocycles. The molecule has 92 valence electrons. The molecule has 0 bridgehead atoms. The molecular weight excluding hydrogens is 200 g/mol. The average Bonchev–Trinajstić information content (AvgIpc) is 3.03. The summed E-state index contributed by atoms with van der Waals surface area (Å²) < 4.78 is 0. The number of nitrogens with zero attached hydrogens (tertiary/aromatic N) is 1. The van der Waals surface area contributed by atoms with Gasteiger partial charge in [0.1, 0.15) is 0 Å². The molecule has 2 aliphatic rings. The monoisotopic (exact) mass is 224 g/mol. The highest BCUT2D eigenvalue weighted by molar-refractivity contribution is 5.76. The predicted octanol–water partition coefficient (Wildman–Crippen LogP) is 1.76. The molecule has 1 heterocycles. The number of carbonyl (C=O) groups is 1. The van der Waals surface area contributed by atoms with Crippen LogP contribution in [0.1, 0.15) is 45.4 Å². The van der Waals surface area contributed by atoms with Crippen molar-refractivity contribution < 1.29 is 4.79 Å². The van der Waals surface area contributed by atoms with Crippen molar-refractivity contribution in [1.29, 1.82) is 0 Å². The normalized spacial score (nSPS) is 28.6. The fourth-order valence-electron chi connectivity index (χ4n) is 2.53. The van der Waals surface area contributed by atoms with Gasteiger partial charge < -0.3 is 10.6 Å². The molecule has 2 unspecified atom stereocenters. The minimum Gasteiger partial charge on any atom is -0.343 e. The second-order valence-electron chi connectivity index (χ2n) is 5.62. The second kappa shape index (κ2) is 5.17. The van der Waals surface area contributed by atoms with Crippen molar-refractivity contribution in [3.63, 3.8) is 0 Å². The summed E-state index contributed by atoms with van der Waals surface area (Å²) in [6, 6.07) is 0.119. The van der Waals surface area contributed by atoms with E-state index in [0.717, 1.165) is 31.8 Å². The molecule has 0 radical (unpaired) electrons. The second-order valence-corrected chi connectivity index (χ2v) is 5.62. The van der Waals surface area contributed by atoms with Crippen molar-refractivity contribution in [2.45, 2.75) is 51.5 Å². The summed E-state index contributed by atoms with van der Waals surface area (Å²) in [5.74, 6) is 1.69. The molecule has 3 heteroatoms. The van der Waals surface area contributed by atoms with Gasteiger partial charge in [0, 0.05) is 25.6 Å². The van der Waals surface area contributed by atoms with E-state index in [2.05, 4.69) is 6.92 Å². The van der Waals surface area contributed by atoms with Gasteiger partial charge in [0.05, 0.1) is 0 Å². The van der Waals surface area contributed by atoms with Gasteiger partial charge in [0.25, 0.3) is 0 Å². The summed E-state index contributed by atoms with van der Waals surface area (Å²) in [5.41, 5.74) is 6.01. The molecule has 0 aromatic carbocycles. The fourth-order valence-corrected chi connectivity index (χ4v) is 2.53. The highest BCUT2D eigenvalue weighted by Crippen LogP contribution is 2.33. The largest absolute Gasteiger partial charge is 0.343 e. The lowest BCUT2D eigenvalue weighted by molar-refractivity contribution is -0.131. The Kier molecular flexibility index (Phi) is 3.85. The first-order valence-corrected chi connectivity index (χ1v) is 6.70. The number of amides is 1. The maximum absolute atomic E-state index is 12.0. The summed E-state index contributed by atoms with van der Waals surface area (Å²) in [6.45, 7) is 4.17. The molecule has 1 saturated heterocycles. The molecule has 3 nitrogen and oxygen atoms in total. The van der Waals surface area contributed by atoms with E-state index in [1.807, 2.05) is 4.90 Å². The van der Waals surface area contributed by atoms with E-state index in [9.17, 15) is 4.79 Å². The van der Waals surface area contributed by atoms with Crippen LogP contribution in [0.25, 0.3) is 0 Å². The Morgan fingerprint density at radius 2 is 2.06 bits per heavy atom. The predicted molar refractivity (Wildman–Crippen MR) is 64.9 cm³/mol. The lowest BCUT2D eigenvalue weighted by atomic mass is 10.0. The molecule has 2 N–H and O–H groups in total. The van der Waals surface area contributed by atoms with Crippen LogP contribution in [0.3, 0.4) is 0 Å². The number of carbonyl (C=O) groups excluding carboxylic acids is 1. The van der Waals surface area contributed by atoms with Crippen LogP contribution in [0.5, 0.6) is 0 Å². The van der Waals surface area contributed by atoms with Gasteiger partial charge in [0.15, 0.2) is 0 Å². The first kappa shape index (κ1) is 11.9. The van der Waals surface area contributed by atoms with E-state index in [0.29, 0.717) is 12.3 Å². The van der Waals surface area contributed by atoms with E-state index in [1.165, 1.54) is 19.3 Å². The van der Waals surface area contributed by atoms with Crippen molar-refractivity contribution in [2.75, 3.05) is 13.1 Å². The number of hydrogen-bond donors (Lipinski definition) is 1. The average molecular weight is 224 g/mol. The molecule has 2 fully saturated rings. The summed E-state index contributed by atoms with van der Waals surface area (Å²) >= 11 is 0. The van der Waals surface area contributed by atoms with Gasteiger partial charge in [-0.05, 0) is 43.9 Å². The summed E-state index contributed by atoms with van der Waals surface area (Å²) in [6.07, 6.45) is 6.60. The molecule has 2 rings (SSSR count). The maximum atomic E-state index is 12.0. The number of rotatable bonds is 3. The van der Waals surface area contributed by atoms with Crippen LogP contribution in [-0.2, 0) is 4.79 Å². The van der Waals surface area contributed by atoms with Crippen LogP contribution >= 0.6 is 0 Å². The van der Waals surface area contributed by atoms with Crippen LogP contribution in [0.15, 0.2) is 0 Å². The zero-order valence-corrected chi connectivity index (χ0v) is 10.3. The molecule has 0 aromatic heterocycles. The Labute approximate surface area is 98.4 Å². The lowest BCUT2D eigenvalue weighted by Gasteiger charge is -2.22. The highest BCUT2D eigenvalue weighted by atomic mass is 16.2. The Morgan fingerprint density at radius 1 is 1.31 bits per heavy atom. The van der Waals surface area contributed by atoms with E-state index >= 15 is 0 Å². The summed E-state index contributed by atoms with van der Waals surface area (Å²) in [5, 5.41) is 0. The third kappa shape index (κ3) is 3.21. The quantitative estimate of drug-likeness (QED) is 0.794. The molecule has 0 spiro atoms. The van der Waals surface area contributed by atoms with E-state index < -0.39 is 0 Å². The Hall–Kier alpha value is -0.570. The van der Waals surface area contributed by atoms with Gasteiger partial charge in [0.2, 0.25) is 5.91 Å². The van der Waals surface area contributed by atoms with Crippen LogP contribution < -0.4 is 5.73 Å². The smallest absolute Gasteiger partial charge is 0.224 e. The van der Waals surface area contributed by atoms with E-state index in [1.54, 1.807) is 0 Å². The Morgan fingerprint density at radius 3 is 2.75 bits per heavy atom. The van der Waals surface area contributed by atoms with Crippen molar-refractivity contribution >= 4 is 5.91 Å². The van der Waals surface area contributed by atoms with Crippen molar-refractivity contribution in [1.82, 2.24) is 4.90 Å². The molecule has 1 amide bonds. The van der Waals surface area contributed by atoms with Crippen molar-refractivity contribution in [3.05, 3.63) is 0 Å². The highest BCUT2D eigenvalue weighted by Gasteiger charge is 2.31. The molecule has 0 aromatic rings. The van der Waals surface area contributed by atoms with Crippen LogP contribution in [0.4, 0.5) is 0 Å². The number of likely N-dealkylation sites (tertiary alicyclic amines) is 1. The summed E-state index contributed by atoms with van der Waals surface area (Å²) in [4.78, 5) is 14.1. The first-order valence-electron chi connectivity index (χ1n) is 6.70. The SMILES string of the molecule is CC1CCCN(C(=O)CC(N)C2CC2)CC1. The standard InChI is InChI=1S/C13H24N2O/c1-10-3-2-7-15(8-6-10)13(16)9-12(14)11-4-5-11/h10-12H,2-9,14H2,1H3. The topological polar surface area (TPSA) is 46.3 Å². The third-order valence-electron chi connectivity index (χ3n) is 4.01. The Balaban J connectivity index is 1.78. The van der Waals surface area contributed by atoms with Crippen LogP contribution in [-0.4, -0.2) is 29.9 Å². The zero-order valence-electron chi connectivity index (χ0n) is 10.3. The molecule has 16 heavy (non-hydrogen) atoms. The Bertz CT molecular complexity index is 250. The van der Waals surface area contributed by atoms with Crippen molar-refractivity contribution in [2.24, 2.45) is 17.6 Å².